The van der Waals surface area contributed by atoms with Gasteiger partial charge in [0, 0.05) is 12.5 Å². The van der Waals surface area contributed by atoms with E-state index in [1.807, 2.05) is 0 Å². The summed E-state index contributed by atoms with van der Waals surface area (Å²) in [6.45, 7) is 0.620. The number of nitrogens with one attached hydrogen (secondary N) is 1. The van der Waals surface area contributed by atoms with E-state index >= 15 is 0 Å². The number of carbonyl (C=O) groups excluding carboxylic acids is 1. The van der Waals surface area contributed by atoms with Crippen molar-refractivity contribution < 1.29 is 13.9 Å². The minimum absolute atomic E-state index is 0.0153. The quantitative estimate of drug-likeness (QED) is 0.848. The lowest BCUT2D eigenvalue weighted by atomic mass is 9.84. The Bertz CT molecular complexity index is 507. The Labute approximate surface area is 131 Å². The SMILES string of the molecule is COc1ccc(CCC(=O)NC2CCCCC2CN)cc1F. The number of aryl methyl sites for hydroxylation is 1. The van der Waals surface area contributed by atoms with Crippen LogP contribution in [0.2, 0.25) is 0 Å². The second kappa shape index (κ2) is 8.13. The Morgan fingerprint density at radius 2 is 2.18 bits per heavy atom. The van der Waals surface area contributed by atoms with Crippen molar-refractivity contribution in [3.05, 3.63) is 29.6 Å². The van der Waals surface area contributed by atoms with Crippen molar-refractivity contribution >= 4 is 5.91 Å². The van der Waals surface area contributed by atoms with E-state index in [0.717, 1.165) is 24.8 Å². The minimum atomic E-state index is -0.393. The topological polar surface area (TPSA) is 64.3 Å². The van der Waals surface area contributed by atoms with Gasteiger partial charge in [0.25, 0.3) is 0 Å². The van der Waals surface area contributed by atoms with Crippen LogP contribution in [0, 0.1) is 11.7 Å². The molecule has 0 aliphatic heterocycles. The van der Waals surface area contributed by atoms with E-state index < -0.39 is 5.82 Å². The first-order chi connectivity index (χ1) is 10.6. The van der Waals surface area contributed by atoms with Crippen LogP contribution in [0.15, 0.2) is 18.2 Å². The molecule has 0 heterocycles. The molecule has 1 saturated carbocycles. The van der Waals surface area contributed by atoms with Crippen molar-refractivity contribution in [1.82, 2.24) is 5.32 Å². The van der Waals surface area contributed by atoms with Crippen molar-refractivity contribution in [2.45, 2.75) is 44.6 Å². The molecule has 1 aliphatic rings. The Hall–Kier alpha value is -1.62. The first-order valence-corrected chi connectivity index (χ1v) is 7.96. The summed E-state index contributed by atoms with van der Waals surface area (Å²) in [5.74, 6) is 0.231. The summed E-state index contributed by atoms with van der Waals surface area (Å²) >= 11 is 0. The lowest BCUT2D eigenvalue weighted by Crippen LogP contribution is -2.44. The van der Waals surface area contributed by atoms with Crippen LogP contribution in [0.25, 0.3) is 0 Å². The molecule has 1 aromatic rings. The van der Waals surface area contributed by atoms with Gasteiger partial charge in [-0.25, -0.2) is 4.39 Å². The first-order valence-electron chi connectivity index (χ1n) is 7.96. The van der Waals surface area contributed by atoms with Crippen LogP contribution in [0.1, 0.15) is 37.7 Å². The minimum Gasteiger partial charge on any atom is -0.494 e. The van der Waals surface area contributed by atoms with Gasteiger partial charge in [0.1, 0.15) is 0 Å². The van der Waals surface area contributed by atoms with Gasteiger partial charge in [0.2, 0.25) is 5.91 Å². The second-order valence-corrected chi connectivity index (χ2v) is 5.92. The molecule has 0 spiro atoms. The molecule has 2 rings (SSSR count). The van der Waals surface area contributed by atoms with Gasteiger partial charge in [0.15, 0.2) is 11.6 Å². The zero-order valence-corrected chi connectivity index (χ0v) is 13.1. The Balaban J connectivity index is 1.83. The second-order valence-electron chi connectivity index (χ2n) is 5.92. The summed E-state index contributed by atoms with van der Waals surface area (Å²) in [4.78, 5) is 12.1. The highest BCUT2D eigenvalue weighted by atomic mass is 19.1. The molecule has 4 nitrogen and oxygen atoms in total. The van der Waals surface area contributed by atoms with Gasteiger partial charge in [-0.15, -0.1) is 0 Å². The van der Waals surface area contributed by atoms with Crippen molar-refractivity contribution in [1.29, 1.82) is 0 Å². The van der Waals surface area contributed by atoms with Gasteiger partial charge in [0.05, 0.1) is 7.11 Å². The Kier molecular flexibility index (Phi) is 6.19. The predicted molar refractivity (Wildman–Crippen MR) is 84.2 cm³/mol. The van der Waals surface area contributed by atoms with Gasteiger partial charge < -0.3 is 15.8 Å². The third-order valence-corrected chi connectivity index (χ3v) is 4.42. The fraction of sp³-hybridized carbons (Fsp3) is 0.588. The van der Waals surface area contributed by atoms with Crippen LogP contribution < -0.4 is 15.8 Å². The predicted octanol–water partition coefficient (Wildman–Crippen LogP) is 2.40. The lowest BCUT2D eigenvalue weighted by molar-refractivity contribution is -0.122. The van der Waals surface area contributed by atoms with E-state index in [-0.39, 0.29) is 17.7 Å². The number of hydrogen-bond donors (Lipinski definition) is 2. The van der Waals surface area contributed by atoms with Gasteiger partial charge >= 0.3 is 0 Å². The maximum Gasteiger partial charge on any atom is 0.220 e. The molecule has 0 saturated heterocycles. The van der Waals surface area contributed by atoms with Crippen LogP contribution >= 0.6 is 0 Å². The smallest absolute Gasteiger partial charge is 0.220 e. The van der Waals surface area contributed by atoms with Crippen LogP contribution in [-0.2, 0) is 11.2 Å². The molecule has 22 heavy (non-hydrogen) atoms. The molecule has 1 aromatic carbocycles. The third kappa shape index (κ3) is 4.44. The monoisotopic (exact) mass is 308 g/mol. The highest BCUT2D eigenvalue weighted by Gasteiger charge is 2.25. The van der Waals surface area contributed by atoms with E-state index in [1.54, 1.807) is 12.1 Å². The standard InChI is InChI=1S/C17H25FN2O2/c1-22-16-8-6-12(10-14(16)18)7-9-17(21)20-15-5-3-2-4-13(15)11-19/h6,8,10,13,15H,2-5,7,9,11,19H2,1H3,(H,20,21). The van der Waals surface area contributed by atoms with Crippen molar-refractivity contribution in [3.63, 3.8) is 0 Å². The fourth-order valence-electron chi connectivity index (χ4n) is 3.08. The average molecular weight is 308 g/mol. The molecule has 122 valence electrons. The van der Waals surface area contributed by atoms with Crippen molar-refractivity contribution in [2.75, 3.05) is 13.7 Å². The fourth-order valence-corrected chi connectivity index (χ4v) is 3.08. The first kappa shape index (κ1) is 16.7. The molecule has 2 atom stereocenters. The van der Waals surface area contributed by atoms with Gasteiger partial charge in [-0.05, 0) is 49.4 Å². The number of methoxy groups -OCH3 is 1. The zero-order valence-electron chi connectivity index (χ0n) is 13.1. The van der Waals surface area contributed by atoms with Crippen LogP contribution in [0.5, 0.6) is 5.75 Å². The van der Waals surface area contributed by atoms with E-state index in [4.69, 9.17) is 10.5 Å². The van der Waals surface area contributed by atoms with E-state index in [1.165, 1.54) is 19.6 Å². The maximum atomic E-state index is 13.6. The summed E-state index contributed by atoms with van der Waals surface area (Å²) in [6, 6.07) is 5.00. The van der Waals surface area contributed by atoms with Gasteiger partial charge in [-0.1, -0.05) is 18.9 Å². The lowest BCUT2D eigenvalue weighted by Gasteiger charge is -2.31. The highest BCUT2D eigenvalue weighted by Crippen LogP contribution is 2.24. The summed E-state index contributed by atoms with van der Waals surface area (Å²) in [5.41, 5.74) is 6.57. The highest BCUT2D eigenvalue weighted by molar-refractivity contribution is 5.76. The molecular weight excluding hydrogens is 283 g/mol. The van der Waals surface area contributed by atoms with E-state index in [0.29, 0.717) is 25.3 Å². The van der Waals surface area contributed by atoms with Crippen molar-refractivity contribution in [2.24, 2.45) is 11.7 Å². The molecule has 2 unspecified atom stereocenters. The third-order valence-electron chi connectivity index (χ3n) is 4.42. The van der Waals surface area contributed by atoms with Crippen LogP contribution in [-0.4, -0.2) is 25.6 Å². The number of amides is 1. The van der Waals surface area contributed by atoms with Gasteiger partial charge in [-0.3, -0.25) is 4.79 Å². The largest absolute Gasteiger partial charge is 0.494 e. The number of carbonyl (C=O) groups is 1. The normalized spacial score (nSPS) is 21.4. The summed E-state index contributed by atoms with van der Waals surface area (Å²) in [7, 11) is 1.43. The number of hydrogen-bond acceptors (Lipinski definition) is 3. The zero-order chi connectivity index (χ0) is 15.9. The number of ether oxygens (including phenoxy) is 1. The Morgan fingerprint density at radius 1 is 1.41 bits per heavy atom. The number of halogens is 1. The number of nitrogens with two attached hydrogens (primary N) is 1. The molecule has 0 aromatic heterocycles. The van der Waals surface area contributed by atoms with E-state index in [9.17, 15) is 9.18 Å². The van der Waals surface area contributed by atoms with Crippen molar-refractivity contribution in [3.8, 4) is 5.75 Å². The Morgan fingerprint density at radius 3 is 2.86 bits per heavy atom. The molecule has 1 fully saturated rings. The van der Waals surface area contributed by atoms with Crippen LogP contribution in [0.3, 0.4) is 0 Å². The molecule has 3 N–H and O–H groups in total. The number of rotatable bonds is 6. The molecule has 1 amide bonds. The summed E-state index contributed by atoms with van der Waals surface area (Å²) < 4.78 is 18.5. The van der Waals surface area contributed by atoms with Crippen LogP contribution in [0.4, 0.5) is 4.39 Å². The number of benzene rings is 1. The molecule has 0 bridgehead atoms. The van der Waals surface area contributed by atoms with Gasteiger partial charge in [-0.2, -0.15) is 0 Å². The molecular formula is C17H25FN2O2. The van der Waals surface area contributed by atoms with E-state index in [2.05, 4.69) is 5.32 Å². The molecule has 0 radical (unpaired) electrons. The molecule has 5 heteroatoms. The maximum absolute atomic E-state index is 13.6. The molecule has 1 aliphatic carbocycles. The summed E-state index contributed by atoms with van der Waals surface area (Å²) in [6.07, 6.45) is 5.31. The average Bonchev–Trinajstić information content (AvgIpc) is 2.53. The summed E-state index contributed by atoms with van der Waals surface area (Å²) in [5, 5.41) is 3.09.